The third-order valence-corrected chi connectivity index (χ3v) is 5.19. The summed E-state index contributed by atoms with van der Waals surface area (Å²) >= 11 is 1.33. The van der Waals surface area contributed by atoms with Crippen LogP contribution in [-0.2, 0) is 4.79 Å². The number of thioether (sulfide) groups is 1. The highest BCUT2D eigenvalue weighted by molar-refractivity contribution is 8.00. The molecule has 1 aromatic carbocycles. The molecular formula is C19H21N3O2S. The zero-order valence-electron chi connectivity index (χ0n) is 14.8. The molecule has 0 aliphatic rings. The third kappa shape index (κ3) is 3.85. The summed E-state index contributed by atoms with van der Waals surface area (Å²) in [7, 11) is 0. The second-order valence-electron chi connectivity index (χ2n) is 6.08. The molecule has 0 unspecified atom stereocenters. The number of aromatic nitrogens is 2. The van der Waals surface area contributed by atoms with Gasteiger partial charge in [-0.3, -0.25) is 4.79 Å². The van der Waals surface area contributed by atoms with Gasteiger partial charge in [0.25, 0.3) is 5.22 Å². The van der Waals surface area contributed by atoms with Crippen molar-refractivity contribution in [3.8, 4) is 0 Å². The summed E-state index contributed by atoms with van der Waals surface area (Å²) in [6.45, 7) is 8.05. The van der Waals surface area contributed by atoms with Crippen LogP contribution in [0, 0.1) is 20.8 Å². The predicted molar refractivity (Wildman–Crippen MR) is 101 cm³/mol. The van der Waals surface area contributed by atoms with E-state index in [1.165, 1.54) is 17.3 Å². The van der Waals surface area contributed by atoms with Crippen molar-refractivity contribution in [1.82, 2.24) is 9.97 Å². The highest BCUT2D eigenvalue weighted by Crippen LogP contribution is 2.29. The SMILES string of the molecule is CC[C@H](Sc1nc2ncccc2o1)C(=O)Nc1c(C)cc(C)cc1C. The smallest absolute Gasteiger partial charge is 0.259 e. The van der Waals surface area contributed by atoms with Crippen LogP contribution < -0.4 is 5.32 Å². The fourth-order valence-electron chi connectivity index (χ4n) is 2.82. The Hall–Kier alpha value is -2.34. The van der Waals surface area contributed by atoms with Crippen LogP contribution in [0.2, 0.25) is 0 Å². The zero-order valence-corrected chi connectivity index (χ0v) is 15.6. The van der Waals surface area contributed by atoms with Crippen LogP contribution in [0.4, 0.5) is 5.69 Å². The van der Waals surface area contributed by atoms with Gasteiger partial charge < -0.3 is 9.73 Å². The molecule has 0 saturated heterocycles. The normalized spacial score (nSPS) is 12.3. The summed E-state index contributed by atoms with van der Waals surface area (Å²) in [4.78, 5) is 21.2. The van der Waals surface area contributed by atoms with Crippen molar-refractivity contribution < 1.29 is 9.21 Å². The zero-order chi connectivity index (χ0) is 18.0. The number of anilines is 1. The number of hydrogen-bond acceptors (Lipinski definition) is 5. The van der Waals surface area contributed by atoms with Crippen LogP contribution in [0.1, 0.15) is 30.0 Å². The first kappa shape index (κ1) is 17.5. The Kier molecular flexibility index (Phi) is 5.08. The van der Waals surface area contributed by atoms with Gasteiger partial charge in [-0.2, -0.15) is 4.98 Å². The van der Waals surface area contributed by atoms with Crippen molar-refractivity contribution in [3.63, 3.8) is 0 Å². The molecule has 3 rings (SSSR count). The molecule has 6 heteroatoms. The lowest BCUT2D eigenvalue weighted by atomic mass is 10.0. The molecule has 25 heavy (non-hydrogen) atoms. The summed E-state index contributed by atoms with van der Waals surface area (Å²) < 4.78 is 5.67. The number of hydrogen-bond donors (Lipinski definition) is 1. The van der Waals surface area contributed by atoms with Crippen molar-refractivity contribution in [2.45, 2.75) is 44.6 Å². The number of fused-ring (bicyclic) bond motifs is 1. The standard InChI is InChI=1S/C19H21N3O2S/c1-5-15(25-19-22-17-14(24-19)7-6-8-20-17)18(23)21-16-12(3)9-11(2)10-13(16)4/h6-10,15H,5H2,1-4H3,(H,21,23)/t15-/m0/s1. The first-order valence-electron chi connectivity index (χ1n) is 8.25. The van der Waals surface area contributed by atoms with E-state index < -0.39 is 0 Å². The maximum atomic E-state index is 12.7. The van der Waals surface area contributed by atoms with E-state index in [9.17, 15) is 4.79 Å². The largest absolute Gasteiger partial charge is 0.430 e. The third-order valence-electron chi connectivity index (χ3n) is 3.98. The van der Waals surface area contributed by atoms with Gasteiger partial charge in [0, 0.05) is 11.9 Å². The predicted octanol–water partition coefficient (Wildman–Crippen LogP) is 4.66. The van der Waals surface area contributed by atoms with Gasteiger partial charge in [-0.25, -0.2) is 4.98 Å². The highest BCUT2D eigenvalue weighted by Gasteiger charge is 2.22. The summed E-state index contributed by atoms with van der Waals surface area (Å²) in [5, 5.41) is 3.25. The molecule has 1 atom stereocenters. The summed E-state index contributed by atoms with van der Waals surface area (Å²) in [5.74, 6) is -0.0437. The van der Waals surface area contributed by atoms with Crippen molar-refractivity contribution in [1.29, 1.82) is 0 Å². The molecule has 0 radical (unpaired) electrons. The molecule has 0 aliphatic carbocycles. The van der Waals surface area contributed by atoms with Crippen LogP contribution in [0.3, 0.4) is 0 Å². The molecule has 130 valence electrons. The minimum Gasteiger partial charge on any atom is -0.430 e. The minimum atomic E-state index is -0.284. The number of nitrogens with one attached hydrogen (secondary N) is 1. The Bertz CT molecular complexity index is 864. The van der Waals surface area contributed by atoms with Gasteiger partial charge in [-0.1, -0.05) is 36.4 Å². The molecule has 0 fully saturated rings. The van der Waals surface area contributed by atoms with Gasteiger partial charge in [-0.05, 0) is 50.5 Å². The molecular weight excluding hydrogens is 334 g/mol. The Balaban J connectivity index is 1.77. The van der Waals surface area contributed by atoms with Crippen LogP contribution in [0.25, 0.3) is 11.2 Å². The van der Waals surface area contributed by atoms with Crippen molar-refractivity contribution in [2.24, 2.45) is 0 Å². The Labute approximate surface area is 151 Å². The van der Waals surface area contributed by atoms with Gasteiger partial charge in [0.1, 0.15) is 0 Å². The maximum absolute atomic E-state index is 12.7. The molecule has 3 aromatic rings. The number of carbonyl (C=O) groups is 1. The first-order chi connectivity index (χ1) is 12.0. The number of pyridine rings is 1. The number of rotatable bonds is 5. The second kappa shape index (κ2) is 7.27. The number of nitrogens with zero attached hydrogens (tertiary/aromatic N) is 2. The molecule has 0 bridgehead atoms. The first-order valence-corrected chi connectivity index (χ1v) is 9.12. The van der Waals surface area contributed by atoms with E-state index in [1.54, 1.807) is 12.3 Å². The van der Waals surface area contributed by atoms with E-state index >= 15 is 0 Å². The Morgan fingerprint density at radius 1 is 1.28 bits per heavy atom. The maximum Gasteiger partial charge on any atom is 0.259 e. The lowest BCUT2D eigenvalue weighted by Crippen LogP contribution is -2.25. The fourth-order valence-corrected chi connectivity index (χ4v) is 3.68. The van der Waals surface area contributed by atoms with E-state index in [-0.39, 0.29) is 11.2 Å². The van der Waals surface area contributed by atoms with Crippen LogP contribution in [0.15, 0.2) is 40.1 Å². The van der Waals surface area contributed by atoms with Gasteiger partial charge in [0.15, 0.2) is 11.2 Å². The van der Waals surface area contributed by atoms with Crippen LogP contribution in [-0.4, -0.2) is 21.1 Å². The lowest BCUT2D eigenvalue weighted by Gasteiger charge is -2.16. The van der Waals surface area contributed by atoms with Gasteiger partial charge in [0.05, 0.1) is 5.25 Å². The molecule has 2 heterocycles. The average Bonchev–Trinajstić information content (AvgIpc) is 2.98. The highest BCUT2D eigenvalue weighted by atomic mass is 32.2. The van der Waals surface area contributed by atoms with Gasteiger partial charge in [-0.15, -0.1) is 0 Å². The minimum absolute atomic E-state index is 0.0437. The average molecular weight is 355 g/mol. The topological polar surface area (TPSA) is 68.0 Å². The summed E-state index contributed by atoms with van der Waals surface area (Å²) in [6, 6.07) is 7.76. The molecule has 5 nitrogen and oxygen atoms in total. The summed E-state index contributed by atoms with van der Waals surface area (Å²) in [5.41, 5.74) is 5.40. The molecule has 1 amide bonds. The number of carbonyl (C=O) groups excluding carboxylic acids is 1. The van der Waals surface area contributed by atoms with E-state index in [2.05, 4.69) is 34.3 Å². The molecule has 2 aromatic heterocycles. The Morgan fingerprint density at radius 3 is 2.64 bits per heavy atom. The summed E-state index contributed by atoms with van der Waals surface area (Å²) in [6.07, 6.45) is 2.35. The fraction of sp³-hybridized carbons (Fsp3) is 0.316. The van der Waals surface area contributed by atoms with Crippen LogP contribution in [0.5, 0.6) is 0 Å². The monoisotopic (exact) mass is 355 g/mol. The number of aryl methyl sites for hydroxylation is 3. The van der Waals surface area contributed by atoms with E-state index in [0.717, 1.165) is 16.8 Å². The van der Waals surface area contributed by atoms with E-state index in [4.69, 9.17) is 4.42 Å². The second-order valence-corrected chi connectivity index (χ2v) is 7.24. The van der Waals surface area contributed by atoms with Crippen LogP contribution >= 0.6 is 11.8 Å². The lowest BCUT2D eigenvalue weighted by molar-refractivity contribution is -0.115. The van der Waals surface area contributed by atoms with Crippen molar-refractivity contribution in [2.75, 3.05) is 5.32 Å². The number of amides is 1. The van der Waals surface area contributed by atoms with Crippen molar-refractivity contribution >= 4 is 34.6 Å². The Morgan fingerprint density at radius 2 is 2.00 bits per heavy atom. The van der Waals surface area contributed by atoms with E-state index in [0.29, 0.717) is 22.9 Å². The number of benzene rings is 1. The molecule has 1 N–H and O–H groups in total. The van der Waals surface area contributed by atoms with Crippen molar-refractivity contribution in [3.05, 3.63) is 47.2 Å². The van der Waals surface area contributed by atoms with Gasteiger partial charge >= 0.3 is 0 Å². The molecule has 0 aliphatic heterocycles. The molecule has 0 spiro atoms. The quantitative estimate of drug-likeness (QED) is 0.674. The number of oxazole rings is 1. The molecule has 0 saturated carbocycles. The van der Waals surface area contributed by atoms with Gasteiger partial charge in [0.2, 0.25) is 5.91 Å². The van der Waals surface area contributed by atoms with E-state index in [1.807, 2.05) is 26.8 Å².